The van der Waals surface area contributed by atoms with Crippen LogP contribution in [-0.2, 0) is 19.2 Å². The molecule has 3 aliphatic rings. The Morgan fingerprint density at radius 3 is 1.46 bits per heavy atom. The molecule has 0 aliphatic carbocycles. The van der Waals surface area contributed by atoms with Crippen LogP contribution in [0.5, 0.6) is 0 Å². The van der Waals surface area contributed by atoms with Gasteiger partial charge in [0.1, 0.15) is 0 Å². The number of nitrogens with zero attached hydrogens (tertiary/aromatic N) is 4. The first-order valence-electron chi connectivity index (χ1n) is 16.8. The first-order valence-corrected chi connectivity index (χ1v) is 19.1. The maximum atomic E-state index is 13.2. The minimum Gasteiger partial charge on any atom is -0.354 e. The molecule has 0 fully saturated rings. The Kier molecular flexibility index (Phi) is 10.9. The van der Waals surface area contributed by atoms with Crippen molar-refractivity contribution in [1.29, 1.82) is 0 Å². The average molecular weight is 824 g/mol. The fraction of sp³-hybridized carbons (Fsp3) is 0.211. The molecule has 54 heavy (non-hydrogen) atoms. The highest BCUT2D eigenvalue weighted by Crippen LogP contribution is 2.46. The van der Waals surface area contributed by atoms with E-state index in [-0.39, 0.29) is 48.6 Å². The quantitative estimate of drug-likeness (QED) is 0.143. The molecule has 3 N–H and O–H groups in total. The molecule has 0 spiro atoms. The van der Waals surface area contributed by atoms with Gasteiger partial charge in [0.05, 0.1) is 67.8 Å². The number of hydrogen-bond donors (Lipinski definition) is 3. The molecule has 3 aliphatic heterocycles. The van der Waals surface area contributed by atoms with Crippen molar-refractivity contribution in [3.63, 3.8) is 0 Å². The van der Waals surface area contributed by atoms with Gasteiger partial charge in [0, 0.05) is 47.9 Å². The van der Waals surface area contributed by atoms with Crippen LogP contribution in [0.4, 0.5) is 22.7 Å². The second-order valence-corrected chi connectivity index (χ2v) is 15.7. The second kappa shape index (κ2) is 15.6. The van der Waals surface area contributed by atoms with Crippen molar-refractivity contribution in [2.45, 2.75) is 61.4 Å². The van der Waals surface area contributed by atoms with E-state index in [1.54, 1.807) is 36.4 Å². The maximum Gasteiger partial charge on any atom is 0.240 e. The molecule has 4 amide bonds. The highest BCUT2D eigenvalue weighted by molar-refractivity contribution is 7.99. The van der Waals surface area contributed by atoms with Crippen LogP contribution in [0.3, 0.4) is 0 Å². The maximum absolute atomic E-state index is 13.2. The van der Waals surface area contributed by atoms with Gasteiger partial charge in [0.25, 0.3) is 0 Å². The van der Waals surface area contributed by atoms with E-state index in [0.717, 1.165) is 32.3 Å². The number of halogens is 4. The SMILES string of the molecule is CC(=O)N1N=C(CC(=O)Nc2ccc3c(c2)Sc2cc(NC(=O)CC4=NN(C(C)=O)C(c5ccc(Cl)c(Cl)c5)C4)ccc2N3)CC1c1ccc(Cl)c(Cl)c1. The van der Waals surface area contributed by atoms with Crippen LogP contribution in [-0.4, -0.2) is 45.1 Å². The predicted octanol–water partition coefficient (Wildman–Crippen LogP) is 9.86. The van der Waals surface area contributed by atoms with Gasteiger partial charge in [-0.2, -0.15) is 10.2 Å². The molecule has 0 aromatic heterocycles. The number of nitrogens with one attached hydrogen (secondary N) is 3. The van der Waals surface area contributed by atoms with Gasteiger partial charge < -0.3 is 16.0 Å². The van der Waals surface area contributed by atoms with Crippen molar-refractivity contribution >= 4 is 116 Å². The number of rotatable bonds is 8. The van der Waals surface area contributed by atoms with E-state index in [2.05, 4.69) is 26.2 Å². The Balaban J connectivity index is 0.968. The van der Waals surface area contributed by atoms with Crippen LogP contribution in [0.25, 0.3) is 0 Å². The lowest BCUT2D eigenvalue weighted by Gasteiger charge is -2.22. The normalized spacial score (nSPS) is 17.2. The summed E-state index contributed by atoms with van der Waals surface area (Å²) in [5.41, 5.74) is 5.63. The number of benzene rings is 4. The molecule has 3 heterocycles. The summed E-state index contributed by atoms with van der Waals surface area (Å²) in [6.45, 7) is 2.85. The molecule has 276 valence electrons. The van der Waals surface area contributed by atoms with Crippen LogP contribution in [0, 0.1) is 0 Å². The van der Waals surface area contributed by atoms with E-state index in [1.807, 2.05) is 36.4 Å². The van der Waals surface area contributed by atoms with Gasteiger partial charge in [0.2, 0.25) is 23.6 Å². The first kappa shape index (κ1) is 37.7. The number of hydrazone groups is 2. The topological polar surface area (TPSA) is 136 Å². The summed E-state index contributed by atoms with van der Waals surface area (Å²) in [5, 5.41) is 22.5. The van der Waals surface area contributed by atoms with E-state index in [9.17, 15) is 19.2 Å². The summed E-state index contributed by atoms with van der Waals surface area (Å²) in [7, 11) is 0. The molecule has 2 atom stereocenters. The van der Waals surface area contributed by atoms with Gasteiger partial charge in [-0.15, -0.1) is 0 Å². The van der Waals surface area contributed by atoms with Crippen molar-refractivity contribution in [2.24, 2.45) is 10.2 Å². The van der Waals surface area contributed by atoms with Gasteiger partial charge in [-0.1, -0.05) is 70.3 Å². The summed E-state index contributed by atoms with van der Waals surface area (Å²) in [5.74, 6) is -1.04. The van der Waals surface area contributed by atoms with E-state index >= 15 is 0 Å². The lowest BCUT2D eigenvalue weighted by Crippen LogP contribution is -2.24. The highest BCUT2D eigenvalue weighted by Gasteiger charge is 2.33. The molecule has 4 aromatic rings. The minimum absolute atomic E-state index is 0.00527. The van der Waals surface area contributed by atoms with Gasteiger partial charge in [-0.3, -0.25) is 19.2 Å². The fourth-order valence-corrected chi connectivity index (χ4v) is 8.20. The molecule has 16 heteroatoms. The number of carbonyl (C=O) groups excluding carboxylic acids is 4. The van der Waals surface area contributed by atoms with Crippen LogP contribution >= 0.6 is 58.2 Å². The van der Waals surface area contributed by atoms with Gasteiger partial charge in [0.15, 0.2) is 0 Å². The summed E-state index contributed by atoms with van der Waals surface area (Å²) in [6, 6.07) is 20.7. The lowest BCUT2D eigenvalue weighted by molar-refractivity contribution is -0.131. The van der Waals surface area contributed by atoms with E-state index in [1.165, 1.54) is 35.6 Å². The highest BCUT2D eigenvalue weighted by atomic mass is 35.5. The molecule has 0 saturated heterocycles. The molecule has 2 unspecified atom stereocenters. The first-order chi connectivity index (χ1) is 25.8. The van der Waals surface area contributed by atoms with Crippen molar-refractivity contribution in [1.82, 2.24) is 10.0 Å². The summed E-state index contributed by atoms with van der Waals surface area (Å²) < 4.78 is 0. The average Bonchev–Trinajstić information content (AvgIpc) is 3.74. The molecule has 11 nitrogen and oxygen atoms in total. The molecule has 7 rings (SSSR count). The fourth-order valence-electron chi connectivity index (χ4n) is 6.52. The Labute approximate surface area is 335 Å². The van der Waals surface area contributed by atoms with Gasteiger partial charge >= 0.3 is 0 Å². The molecule has 0 bridgehead atoms. The van der Waals surface area contributed by atoms with Gasteiger partial charge in [-0.05, 0) is 71.8 Å². The van der Waals surface area contributed by atoms with E-state index in [0.29, 0.717) is 55.7 Å². The zero-order valence-electron chi connectivity index (χ0n) is 28.8. The molecule has 0 radical (unpaired) electrons. The third kappa shape index (κ3) is 8.23. The standard InChI is InChI=1S/C38H31Cl4N7O4S/c1-19(50)48-33(21-3-7-27(39)29(41)11-21)13-25(46-48)17-37(52)43-23-5-9-31-35(15-23)54-36-16-24(6-10-32(36)45-31)44-38(53)18-26-14-34(49(47-26)20(2)51)22-4-8-28(40)30(42)12-22/h3-12,15-16,33-34,45H,13-14,17-18H2,1-2H3,(H,43,52)(H,44,53). The summed E-state index contributed by atoms with van der Waals surface area (Å²) >= 11 is 26.1. The van der Waals surface area contributed by atoms with Crippen molar-refractivity contribution in [2.75, 3.05) is 16.0 Å². The molecular weight excluding hydrogens is 792 g/mol. The van der Waals surface area contributed by atoms with Crippen LogP contribution in [0.1, 0.15) is 62.7 Å². The lowest BCUT2D eigenvalue weighted by atomic mass is 10.0. The van der Waals surface area contributed by atoms with E-state index < -0.39 is 0 Å². The number of carbonyl (C=O) groups is 4. The Hall–Kier alpha value is -4.59. The Bertz CT molecular complexity index is 2140. The zero-order valence-corrected chi connectivity index (χ0v) is 32.6. The monoisotopic (exact) mass is 821 g/mol. The number of hydrogen-bond acceptors (Lipinski definition) is 8. The van der Waals surface area contributed by atoms with Crippen molar-refractivity contribution in [3.8, 4) is 0 Å². The third-order valence-electron chi connectivity index (χ3n) is 9.00. The largest absolute Gasteiger partial charge is 0.354 e. The zero-order chi connectivity index (χ0) is 38.3. The van der Waals surface area contributed by atoms with E-state index in [4.69, 9.17) is 46.4 Å². The smallest absolute Gasteiger partial charge is 0.240 e. The summed E-state index contributed by atoms with van der Waals surface area (Å²) in [6.07, 6.45) is 0.778. The Morgan fingerprint density at radius 1 is 0.648 bits per heavy atom. The van der Waals surface area contributed by atoms with Crippen molar-refractivity contribution in [3.05, 3.63) is 104 Å². The van der Waals surface area contributed by atoms with Crippen LogP contribution in [0.2, 0.25) is 20.1 Å². The van der Waals surface area contributed by atoms with Crippen molar-refractivity contribution < 1.29 is 19.2 Å². The third-order valence-corrected chi connectivity index (χ3v) is 11.6. The predicted molar refractivity (Wildman–Crippen MR) is 214 cm³/mol. The van der Waals surface area contributed by atoms with Crippen LogP contribution in [0.15, 0.2) is 92.8 Å². The number of fused-ring (bicyclic) bond motifs is 2. The molecule has 0 saturated carbocycles. The summed E-state index contributed by atoms with van der Waals surface area (Å²) in [4.78, 5) is 52.8. The molecular formula is C38H31Cl4N7O4S. The Morgan fingerprint density at radius 2 is 1.07 bits per heavy atom. The molecule has 4 aromatic carbocycles. The van der Waals surface area contributed by atoms with Gasteiger partial charge in [-0.25, -0.2) is 10.0 Å². The number of amides is 4. The second-order valence-electron chi connectivity index (χ2n) is 12.9. The number of anilines is 4. The minimum atomic E-state index is -0.387. The van der Waals surface area contributed by atoms with Crippen LogP contribution < -0.4 is 16.0 Å².